The minimum atomic E-state index is -0.131. The molecule has 5 heteroatoms. The lowest BCUT2D eigenvalue weighted by molar-refractivity contribution is 0.102. The number of morpholine rings is 1. The Morgan fingerprint density at radius 3 is 2.44 bits per heavy atom. The van der Waals surface area contributed by atoms with Crippen LogP contribution in [0.4, 0.5) is 11.4 Å². The Hall–Kier alpha value is -2.79. The fourth-order valence-corrected chi connectivity index (χ4v) is 2.64. The Balaban J connectivity index is 1.59. The van der Waals surface area contributed by atoms with Crippen molar-refractivity contribution in [3.05, 3.63) is 66.7 Å². The van der Waals surface area contributed by atoms with Crippen molar-refractivity contribution in [2.24, 2.45) is 0 Å². The molecule has 1 N–H and O–H groups in total. The van der Waals surface area contributed by atoms with Crippen LogP contribution in [0.25, 0.3) is 0 Å². The quantitative estimate of drug-likeness (QED) is 0.821. The van der Waals surface area contributed by atoms with Crippen molar-refractivity contribution in [1.29, 1.82) is 0 Å². The van der Waals surface area contributed by atoms with Gasteiger partial charge in [-0.3, -0.25) is 4.79 Å². The first-order valence-electron chi connectivity index (χ1n) is 8.34. The number of rotatable bonds is 6. The van der Waals surface area contributed by atoms with E-state index in [-0.39, 0.29) is 5.91 Å². The summed E-state index contributed by atoms with van der Waals surface area (Å²) in [6, 6.07) is 14.9. The number of hydrogen-bond donors (Lipinski definition) is 1. The lowest BCUT2D eigenvalue weighted by Crippen LogP contribution is -2.36. The highest BCUT2D eigenvalue weighted by Crippen LogP contribution is 2.19. The summed E-state index contributed by atoms with van der Waals surface area (Å²) in [5.74, 6) is 0.612. The van der Waals surface area contributed by atoms with E-state index in [0.29, 0.717) is 12.2 Å². The van der Waals surface area contributed by atoms with Crippen molar-refractivity contribution in [2.75, 3.05) is 43.1 Å². The van der Waals surface area contributed by atoms with E-state index in [0.717, 1.165) is 43.4 Å². The van der Waals surface area contributed by atoms with Crippen LogP contribution >= 0.6 is 0 Å². The molecule has 130 valence electrons. The first-order chi connectivity index (χ1) is 12.3. The Morgan fingerprint density at radius 2 is 1.80 bits per heavy atom. The Morgan fingerprint density at radius 1 is 1.12 bits per heavy atom. The van der Waals surface area contributed by atoms with Crippen molar-refractivity contribution < 1.29 is 14.3 Å². The van der Waals surface area contributed by atoms with Crippen molar-refractivity contribution in [3.63, 3.8) is 0 Å². The van der Waals surface area contributed by atoms with E-state index in [4.69, 9.17) is 9.47 Å². The summed E-state index contributed by atoms with van der Waals surface area (Å²) in [6.07, 6.45) is 1.69. The SMILES string of the molecule is C=CCOc1ccc(NC(=O)c2ccc(N3CCOCC3)cc2)cc1. The Kier molecular flexibility index (Phi) is 5.69. The van der Waals surface area contributed by atoms with E-state index in [1.807, 2.05) is 48.5 Å². The topological polar surface area (TPSA) is 50.8 Å². The largest absolute Gasteiger partial charge is 0.490 e. The molecule has 0 radical (unpaired) electrons. The second kappa shape index (κ2) is 8.35. The van der Waals surface area contributed by atoms with Crippen LogP contribution in [0.3, 0.4) is 0 Å². The van der Waals surface area contributed by atoms with E-state index in [2.05, 4.69) is 16.8 Å². The van der Waals surface area contributed by atoms with Gasteiger partial charge in [0.2, 0.25) is 0 Å². The first-order valence-corrected chi connectivity index (χ1v) is 8.34. The monoisotopic (exact) mass is 338 g/mol. The third kappa shape index (κ3) is 4.61. The van der Waals surface area contributed by atoms with Gasteiger partial charge in [-0.2, -0.15) is 0 Å². The van der Waals surface area contributed by atoms with Crippen LogP contribution < -0.4 is 15.0 Å². The maximum atomic E-state index is 12.4. The zero-order valence-electron chi connectivity index (χ0n) is 14.1. The van der Waals surface area contributed by atoms with Gasteiger partial charge in [-0.05, 0) is 48.5 Å². The van der Waals surface area contributed by atoms with Gasteiger partial charge in [0.1, 0.15) is 12.4 Å². The summed E-state index contributed by atoms with van der Waals surface area (Å²) in [4.78, 5) is 14.6. The van der Waals surface area contributed by atoms with Gasteiger partial charge in [-0.1, -0.05) is 12.7 Å². The molecule has 2 aromatic carbocycles. The molecule has 1 saturated heterocycles. The third-order valence-electron chi connectivity index (χ3n) is 3.99. The minimum Gasteiger partial charge on any atom is -0.490 e. The molecule has 1 heterocycles. The van der Waals surface area contributed by atoms with Crippen LogP contribution in [0.2, 0.25) is 0 Å². The highest BCUT2D eigenvalue weighted by atomic mass is 16.5. The molecule has 5 nitrogen and oxygen atoms in total. The van der Waals surface area contributed by atoms with Crippen molar-refractivity contribution in [1.82, 2.24) is 0 Å². The molecule has 3 rings (SSSR count). The van der Waals surface area contributed by atoms with Crippen LogP contribution in [-0.4, -0.2) is 38.8 Å². The summed E-state index contributed by atoms with van der Waals surface area (Å²) in [5, 5.41) is 2.89. The highest BCUT2D eigenvalue weighted by molar-refractivity contribution is 6.04. The number of anilines is 2. The van der Waals surface area contributed by atoms with Gasteiger partial charge in [-0.25, -0.2) is 0 Å². The molecule has 0 bridgehead atoms. The zero-order chi connectivity index (χ0) is 17.5. The molecule has 0 aliphatic carbocycles. The summed E-state index contributed by atoms with van der Waals surface area (Å²) in [5.41, 5.74) is 2.47. The molecular weight excluding hydrogens is 316 g/mol. The number of ether oxygens (including phenoxy) is 2. The number of nitrogens with one attached hydrogen (secondary N) is 1. The van der Waals surface area contributed by atoms with Crippen LogP contribution in [0, 0.1) is 0 Å². The van der Waals surface area contributed by atoms with Gasteiger partial charge in [0, 0.05) is 30.0 Å². The van der Waals surface area contributed by atoms with Gasteiger partial charge < -0.3 is 19.7 Å². The predicted molar refractivity (Wildman–Crippen MR) is 99.6 cm³/mol. The predicted octanol–water partition coefficient (Wildman–Crippen LogP) is 3.34. The Bertz CT molecular complexity index is 705. The molecule has 0 spiro atoms. The van der Waals surface area contributed by atoms with Crippen LogP contribution in [-0.2, 0) is 4.74 Å². The van der Waals surface area contributed by atoms with E-state index < -0.39 is 0 Å². The number of carbonyl (C=O) groups excluding carboxylic acids is 1. The lowest BCUT2D eigenvalue weighted by atomic mass is 10.1. The number of amides is 1. The smallest absolute Gasteiger partial charge is 0.255 e. The highest BCUT2D eigenvalue weighted by Gasteiger charge is 2.12. The summed E-state index contributed by atoms with van der Waals surface area (Å²) in [6.45, 7) is 7.32. The molecular formula is C20H22N2O3. The molecule has 0 aromatic heterocycles. The van der Waals surface area contributed by atoms with E-state index >= 15 is 0 Å². The molecule has 25 heavy (non-hydrogen) atoms. The van der Waals surface area contributed by atoms with Crippen molar-refractivity contribution >= 4 is 17.3 Å². The molecule has 0 atom stereocenters. The second-order valence-electron chi connectivity index (χ2n) is 5.72. The minimum absolute atomic E-state index is 0.131. The van der Waals surface area contributed by atoms with E-state index in [1.54, 1.807) is 6.08 Å². The third-order valence-corrected chi connectivity index (χ3v) is 3.99. The van der Waals surface area contributed by atoms with Crippen molar-refractivity contribution in [2.45, 2.75) is 0 Å². The Labute approximate surface area is 147 Å². The lowest BCUT2D eigenvalue weighted by Gasteiger charge is -2.28. The standard InChI is InChI=1S/C20H22N2O3/c1-2-13-25-19-9-5-17(6-10-19)21-20(23)16-3-7-18(8-4-16)22-11-14-24-15-12-22/h2-10H,1,11-15H2,(H,21,23). The molecule has 0 unspecified atom stereocenters. The number of nitrogens with zero attached hydrogens (tertiary/aromatic N) is 1. The summed E-state index contributed by atoms with van der Waals surface area (Å²) >= 11 is 0. The fraction of sp³-hybridized carbons (Fsp3) is 0.250. The van der Waals surface area contributed by atoms with Gasteiger partial charge in [0.25, 0.3) is 5.91 Å². The second-order valence-corrected chi connectivity index (χ2v) is 5.72. The maximum Gasteiger partial charge on any atom is 0.255 e. The molecule has 1 aliphatic heterocycles. The number of hydrogen-bond acceptors (Lipinski definition) is 4. The van der Waals surface area contributed by atoms with Crippen LogP contribution in [0.1, 0.15) is 10.4 Å². The molecule has 0 saturated carbocycles. The summed E-state index contributed by atoms with van der Waals surface area (Å²) in [7, 11) is 0. The number of benzene rings is 2. The molecule has 1 aliphatic rings. The van der Waals surface area contributed by atoms with Gasteiger partial charge >= 0.3 is 0 Å². The first kappa shape index (κ1) is 17.0. The fourth-order valence-electron chi connectivity index (χ4n) is 2.64. The van der Waals surface area contributed by atoms with Gasteiger partial charge in [0.15, 0.2) is 0 Å². The molecule has 1 fully saturated rings. The van der Waals surface area contributed by atoms with E-state index in [1.165, 1.54) is 0 Å². The average molecular weight is 338 g/mol. The van der Waals surface area contributed by atoms with E-state index in [9.17, 15) is 4.79 Å². The molecule has 2 aromatic rings. The van der Waals surface area contributed by atoms with Gasteiger partial charge in [-0.15, -0.1) is 0 Å². The molecule has 1 amide bonds. The normalized spacial score (nSPS) is 14.0. The zero-order valence-corrected chi connectivity index (χ0v) is 14.1. The van der Waals surface area contributed by atoms with Crippen molar-refractivity contribution in [3.8, 4) is 5.75 Å². The van der Waals surface area contributed by atoms with Crippen LogP contribution in [0.5, 0.6) is 5.75 Å². The summed E-state index contributed by atoms with van der Waals surface area (Å²) < 4.78 is 10.8. The maximum absolute atomic E-state index is 12.4. The average Bonchev–Trinajstić information content (AvgIpc) is 2.68. The number of carbonyl (C=O) groups is 1. The van der Waals surface area contributed by atoms with Gasteiger partial charge in [0.05, 0.1) is 13.2 Å². The van der Waals surface area contributed by atoms with Crippen LogP contribution in [0.15, 0.2) is 61.2 Å².